The second kappa shape index (κ2) is 7.77. The lowest BCUT2D eigenvalue weighted by Gasteiger charge is -2.19. The van der Waals surface area contributed by atoms with Crippen LogP contribution in [-0.2, 0) is 9.59 Å². The summed E-state index contributed by atoms with van der Waals surface area (Å²) in [7, 11) is 0. The van der Waals surface area contributed by atoms with E-state index >= 15 is 0 Å². The van der Waals surface area contributed by atoms with E-state index in [9.17, 15) is 9.59 Å². The van der Waals surface area contributed by atoms with Crippen molar-refractivity contribution in [3.8, 4) is 0 Å². The van der Waals surface area contributed by atoms with E-state index in [-0.39, 0.29) is 24.3 Å². The number of aryl methyl sites for hydroxylation is 3. The Morgan fingerprint density at radius 3 is 2.12 bits per heavy atom. The van der Waals surface area contributed by atoms with Crippen LogP contribution in [-0.4, -0.2) is 11.8 Å². The fraction of sp³-hybridized carbons (Fsp3) is 0.300. The van der Waals surface area contributed by atoms with Gasteiger partial charge in [-0.1, -0.05) is 48.0 Å². The van der Waals surface area contributed by atoms with E-state index in [2.05, 4.69) is 10.6 Å². The van der Waals surface area contributed by atoms with Crippen molar-refractivity contribution in [2.75, 3.05) is 5.32 Å². The first kappa shape index (κ1) is 17.7. The number of amides is 2. The third-order valence-corrected chi connectivity index (χ3v) is 3.91. The summed E-state index contributed by atoms with van der Waals surface area (Å²) in [5.41, 5.74) is 5.01. The lowest BCUT2D eigenvalue weighted by Crippen LogP contribution is -2.30. The van der Waals surface area contributed by atoms with E-state index in [0.717, 1.165) is 22.4 Å². The number of carbonyl (C=O) groups is 2. The molecule has 2 N–H and O–H groups in total. The molecule has 2 aromatic rings. The van der Waals surface area contributed by atoms with Crippen molar-refractivity contribution in [2.24, 2.45) is 0 Å². The molecule has 0 saturated heterocycles. The van der Waals surface area contributed by atoms with Gasteiger partial charge < -0.3 is 10.6 Å². The van der Waals surface area contributed by atoms with E-state index in [4.69, 9.17) is 0 Å². The van der Waals surface area contributed by atoms with Crippen LogP contribution >= 0.6 is 0 Å². The summed E-state index contributed by atoms with van der Waals surface area (Å²) in [5, 5.41) is 5.84. The van der Waals surface area contributed by atoms with Gasteiger partial charge in [0, 0.05) is 12.6 Å². The van der Waals surface area contributed by atoms with Crippen LogP contribution in [0.1, 0.15) is 41.6 Å². The summed E-state index contributed by atoms with van der Waals surface area (Å²) in [6.07, 6.45) is 0.191. The molecule has 0 unspecified atom stereocenters. The second-order valence-electron chi connectivity index (χ2n) is 6.19. The summed E-state index contributed by atoms with van der Waals surface area (Å²) < 4.78 is 0. The SMILES string of the molecule is CC(=O)N[C@@H](CC(=O)Nc1c(C)cc(C)cc1C)c1ccccc1. The minimum atomic E-state index is -0.338. The van der Waals surface area contributed by atoms with Gasteiger partial charge in [-0.25, -0.2) is 0 Å². The molecule has 2 rings (SSSR count). The first-order chi connectivity index (χ1) is 11.4. The zero-order valence-corrected chi connectivity index (χ0v) is 14.6. The molecule has 4 heteroatoms. The van der Waals surface area contributed by atoms with Gasteiger partial charge in [-0.05, 0) is 37.5 Å². The molecule has 0 radical (unpaired) electrons. The van der Waals surface area contributed by atoms with Crippen molar-refractivity contribution in [3.05, 3.63) is 64.7 Å². The van der Waals surface area contributed by atoms with Gasteiger partial charge in [-0.2, -0.15) is 0 Å². The van der Waals surface area contributed by atoms with Crippen molar-refractivity contribution in [1.29, 1.82) is 0 Å². The van der Waals surface area contributed by atoms with Crippen molar-refractivity contribution in [3.63, 3.8) is 0 Å². The predicted molar refractivity (Wildman–Crippen MR) is 96.9 cm³/mol. The minimum absolute atomic E-state index is 0.118. The number of nitrogens with one attached hydrogen (secondary N) is 2. The molecule has 126 valence electrons. The number of rotatable bonds is 5. The first-order valence-corrected chi connectivity index (χ1v) is 8.06. The van der Waals surface area contributed by atoms with Crippen LogP contribution < -0.4 is 10.6 Å². The van der Waals surface area contributed by atoms with Crippen molar-refractivity contribution < 1.29 is 9.59 Å². The highest BCUT2D eigenvalue weighted by Crippen LogP contribution is 2.23. The van der Waals surface area contributed by atoms with Crippen LogP contribution in [0.15, 0.2) is 42.5 Å². The maximum Gasteiger partial charge on any atom is 0.226 e. The minimum Gasteiger partial charge on any atom is -0.349 e. The molecule has 0 heterocycles. The predicted octanol–water partition coefficient (Wildman–Crippen LogP) is 3.82. The molecule has 0 bridgehead atoms. The Morgan fingerprint density at radius 1 is 1.00 bits per heavy atom. The molecule has 0 aliphatic carbocycles. The van der Waals surface area contributed by atoms with E-state index < -0.39 is 0 Å². The Morgan fingerprint density at radius 2 is 1.58 bits per heavy atom. The summed E-state index contributed by atoms with van der Waals surface area (Å²) in [4.78, 5) is 24.0. The average Bonchev–Trinajstić information content (AvgIpc) is 2.50. The van der Waals surface area contributed by atoms with Crippen LogP contribution in [0.5, 0.6) is 0 Å². The van der Waals surface area contributed by atoms with E-state index in [1.165, 1.54) is 12.5 Å². The van der Waals surface area contributed by atoms with Crippen LogP contribution in [0.2, 0.25) is 0 Å². The third kappa shape index (κ3) is 4.69. The molecule has 24 heavy (non-hydrogen) atoms. The van der Waals surface area contributed by atoms with Crippen LogP contribution in [0.3, 0.4) is 0 Å². The molecule has 0 saturated carbocycles. The Hall–Kier alpha value is -2.62. The second-order valence-corrected chi connectivity index (χ2v) is 6.19. The quantitative estimate of drug-likeness (QED) is 0.878. The van der Waals surface area contributed by atoms with Crippen LogP contribution in [0.25, 0.3) is 0 Å². The molecular formula is C20H24N2O2. The van der Waals surface area contributed by atoms with Gasteiger partial charge in [0.25, 0.3) is 0 Å². The number of benzene rings is 2. The van der Waals surface area contributed by atoms with Gasteiger partial charge >= 0.3 is 0 Å². The molecule has 4 nitrogen and oxygen atoms in total. The molecule has 0 aliphatic heterocycles. The van der Waals surface area contributed by atoms with E-state index in [0.29, 0.717) is 0 Å². The maximum absolute atomic E-state index is 12.5. The molecule has 0 aromatic heterocycles. The van der Waals surface area contributed by atoms with Crippen molar-refractivity contribution >= 4 is 17.5 Å². The Bertz CT molecular complexity index is 716. The van der Waals surface area contributed by atoms with Gasteiger partial charge in [0.15, 0.2) is 0 Å². The topological polar surface area (TPSA) is 58.2 Å². The Labute approximate surface area is 143 Å². The lowest BCUT2D eigenvalue weighted by atomic mass is 10.0. The smallest absolute Gasteiger partial charge is 0.226 e. The first-order valence-electron chi connectivity index (χ1n) is 8.06. The highest BCUT2D eigenvalue weighted by molar-refractivity contribution is 5.93. The van der Waals surface area contributed by atoms with Gasteiger partial charge in [0.05, 0.1) is 12.5 Å². The molecule has 2 aromatic carbocycles. The molecular weight excluding hydrogens is 300 g/mol. The van der Waals surface area contributed by atoms with Gasteiger partial charge in [-0.3, -0.25) is 9.59 Å². The molecule has 0 aliphatic rings. The summed E-state index contributed by atoms with van der Waals surface area (Å²) in [5.74, 6) is -0.271. The van der Waals surface area contributed by atoms with Crippen molar-refractivity contribution in [2.45, 2.75) is 40.2 Å². The molecule has 0 fully saturated rings. The van der Waals surface area contributed by atoms with E-state index in [1.54, 1.807) is 0 Å². The standard InChI is InChI=1S/C20H24N2O2/c1-13-10-14(2)20(15(3)11-13)22-19(24)12-18(21-16(4)23)17-8-6-5-7-9-17/h5-11,18H,12H2,1-4H3,(H,21,23)(H,22,24)/t18-/m0/s1. The molecule has 1 atom stereocenters. The zero-order chi connectivity index (χ0) is 17.7. The highest BCUT2D eigenvalue weighted by atomic mass is 16.2. The average molecular weight is 324 g/mol. The van der Waals surface area contributed by atoms with Crippen LogP contribution in [0, 0.1) is 20.8 Å². The normalized spacial score (nSPS) is 11.7. The lowest BCUT2D eigenvalue weighted by molar-refractivity contribution is -0.120. The Balaban J connectivity index is 2.15. The molecule has 0 spiro atoms. The highest BCUT2D eigenvalue weighted by Gasteiger charge is 2.18. The van der Waals surface area contributed by atoms with Crippen LogP contribution in [0.4, 0.5) is 5.69 Å². The Kier molecular flexibility index (Phi) is 5.74. The largest absolute Gasteiger partial charge is 0.349 e. The number of hydrogen-bond donors (Lipinski definition) is 2. The maximum atomic E-state index is 12.5. The van der Waals surface area contributed by atoms with E-state index in [1.807, 2.05) is 63.2 Å². The number of anilines is 1. The number of carbonyl (C=O) groups excluding carboxylic acids is 2. The monoisotopic (exact) mass is 324 g/mol. The fourth-order valence-electron chi connectivity index (χ4n) is 2.94. The fourth-order valence-corrected chi connectivity index (χ4v) is 2.94. The van der Waals surface area contributed by atoms with Gasteiger partial charge in [-0.15, -0.1) is 0 Å². The summed E-state index contributed by atoms with van der Waals surface area (Å²) in [6.45, 7) is 7.46. The number of hydrogen-bond acceptors (Lipinski definition) is 2. The molecule has 2 amide bonds. The zero-order valence-electron chi connectivity index (χ0n) is 14.6. The van der Waals surface area contributed by atoms with Gasteiger partial charge in [0.2, 0.25) is 11.8 Å². The van der Waals surface area contributed by atoms with Gasteiger partial charge in [0.1, 0.15) is 0 Å². The third-order valence-electron chi connectivity index (χ3n) is 3.91. The summed E-state index contributed by atoms with van der Waals surface area (Å²) in [6, 6.07) is 13.3. The summed E-state index contributed by atoms with van der Waals surface area (Å²) >= 11 is 0. The van der Waals surface area contributed by atoms with Crippen molar-refractivity contribution in [1.82, 2.24) is 5.32 Å².